The summed E-state index contributed by atoms with van der Waals surface area (Å²) in [5, 5.41) is 6.49. The maximum Gasteiger partial charge on any atom is 0.252 e. The third-order valence-corrected chi connectivity index (χ3v) is 6.21. The molecule has 5 aromatic rings. The van der Waals surface area contributed by atoms with Gasteiger partial charge in [-0.2, -0.15) is 0 Å². The van der Waals surface area contributed by atoms with E-state index in [4.69, 9.17) is 17.3 Å². The van der Waals surface area contributed by atoms with Crippen LogP contribution in [0.3, 0.4) is 0 Å². The van der Waals surface area contributed by atoms with Crippen LogP contribution in [0.4, 0.5) is 5.82 Å². The number of thiophene rings is 1. The highest BCUT2D eigenvalue weighted by Gasteiger charge is 2.14. The predicted molar refractivity (Wildman–Crippen MR) is 122 cm³/mol. The summed E-state index contributed by atoms with van der Waals surface area (Å²) in [6, 6.07) is 7.65. The Hall–Kier alpha value is -3.43. The van der Waals surface area contributed by atoms with E-state index in [2.05, 4.69) is 25.3 Å². The summed E-state index contributed by atoms with van der Waals surface area (Å²) in [5.74, 6) is 0.261. The second-order valence-electron chi connectivity index (χ2n) is 7.20. The lowest BCUT2D eigenvalue weighted by Gasteiger charge is -2.07. The monoisotopic (exact) mass is 451 g/mol. The number of nitrogens with one attached hydrogen (secondary N) is 2. The predicted octanol–water partition coefficient (Wildman–Crippen LogP) is 3.89. The zero-order valence-electron chi connectivity index (χ0n) is 16.5. The first-order valence-electron chi connectivity index (χ1n) is 9.53. The Morgan fingerprint density at radius 2 is 2.16 bits per heavy atom. The van der Waals surface area contributed by atoms with Gasteiger partial charge >= 0.3 is 0 Å². The fourth-order valence-corrected chi connectivity index (χ4v) is 4.59. The van der Waals surface area contributed by atoms with Crippen molar-refractivity contribution < 1.29 is 4.79 Å². The van der Waals surface area contributed by atoms with Gasteiger partial charge in [-0.15, -0.1) is 11.3 Å². The van der Waals surface area contributed by atoms with E-state index in [0.29, 0.717) is 40.7 Å². The summed E-state index contributed by atoms with van der Waals surface area (Å²) in [6.45, 7) is 2.83. The molecule has 0 bridgehead atoms. The van der Waals surface area contributed by atoms with Crippen LogP contribution in [0.2, 0.25) is 5.02 Å². The first-order chi connectivity index (χ1) is 15.0. The van der Waals surface area contributed by atoms with Crippen molar-refractivity contribution in [1.29, 1.82) is 0 Å². The molecule has 4 heterocycles. The van der Waals surface area contributed by atoms with Crippen LogP contribution in [-0.4, -0.2) is 30.4 Å². The normalized spacial score (nSPS) is 11.4. The molecule has 4 aromatic heterocycles. The van der Waals surface area contributed by atoms with E-state index in [0.717, 1.165) is 27.0 Å². The van der Waals surface area contributed by atoms with Gasteiger partial charge in [-0.1, -0.05) is 11.6 Å². The molecule has 0 saturated carbocycles. The minimum Gasteiger partial charge on any atom is -0.382 e. The number of aromatic nitrogens is 5. The summed E-state index contributed by atoms with van der Waals surface area (Å²) < 4.78 is 1.90. The van der Waals surface area contributed by atoms with Gasteiger partial charge in [-0.05, 0) is 42.1 Å². The van der Waals surface area contributed by atoms with Crippen LogP contribution in [0.5, 0.6) is 0 Å². The van der Waals surface area contributed by atoms with Crippen molar-refractivity contribution in [3.63, 3.8) is 0 Å². The molecule has 0 saturated heterocycles. The first-order valence-corrected chi connectivity index (χ1v) is 10.8. The molecule has 0 aliphatic heterocycles. The molecule has 0 radical (unpaired) electrons. The number of nitrogens with two attached hydrogens (primary N) is 1. The Balaban J connectivity index is 1.44. The largest absolute Gasteiger partial charge is 0.382 e. The number of halogens is 1. The van der Waals surface area contributed by atoms with E-state index in [1.165, 1.54) is 6.33 Å². The van der Waals surface area contributed by atoms with E-state index >= 15 is 0 Å². The molecule has 0 atom stereocenters. The lowest BCUT2D eigenvalue weighted by molar-refractivity contribution is 0.0950. The number of H-pyrrole nitrogens is 1. The molecule has 4 N–H and O–H groups in total. The van der Waals surface area contributed by atoms with E-state index in [9.17, 15) is 4.79 Å². The standard InChI is InChI=1S/C21H18ClN7OS/c1-11-16(2-3-31-11)21(30)24-7-15-6-12-4-14(22)5-13(17(12)28-15)8-29-10-27-18-19(23)25-9-26-20(18)29/h2-6,9-10,28H,7-8H2,1H3,(H,24,30)(H2,23,25,26). The van der Waals surface area contributed by atoms with Crippen LogP contribution in [0.25, 0.3) is 22.1 Å². The van der Waals surface area contributed by atoms with Crippen LogP contribution in [-0.2, 0) is 13.1 Å². The summed E-state index contributed by atoms with van der Waals surface area (Å²) in [7, 11) is 0. The Kier molecular flexibility index (Phi) is 4.84. The highest BCUT2D eigenvalue weighted by atomic mass is 35.5. The highest BCUT2D eigenvalue weighted by Crippen LogP contribution is 2.27. The van der Waals surface area contributed by atoms with Gasteiger partial charge < -0.3 is 20.6 Å². The van der Waals surface area contributed by atoms with Gasteiger partial charge in [0, 0.05) is 21.0 Å². The Bertz CT molecular complexity index is 1430. The van der Waals surface area contributed by atoms with Gasteiger partial charge in [0.25, 0.3) is 5.91 Å². The number of aryl methyl sites for hydroxylation is 1. The Morgan fingerprint density at radius 3 is 2.97 bits per heavy atom. The highest BCUT2D eigenvalue weighted by molar-refractivity contribution is 7.10. The van der Waals surface area contributed by atoms with Crippen LogP contribution in [0.15, 0.2) is 42.3 Å². The molecule has 0 unspecified atom stereocenters. The molecule has 10 heteroatoms. The van der Waals surface area contributed by atoms with Crippen molar-refractivity contribution in [3.05, 3.63) is 69.0 Å². The number of aromatic amines is 1. The number of carbonyl (C=O) groups excluding carboxylic acids is 1. The molecular weight excluding hydrogens is 434 g/mol. The van der Waals surface area contributed by atoms with Crippen LogP contribution in [0, 0.1) is 6.92 Å². The lowest BCUT2D eigenvalue weighted by atomic mass is 10.1. The second kappa shape index (κ2) is 7.68. The van der Waals surface area contributed by atoms with E-state index < -0.39 is 0 Å². The zero-order valence-corrected chi connectivity index (χ0v) is 18.1. The lowest BCUT2D eigenvalue weighted by Crippen LogP contribution is -2.23. The van der Waals surface area contributed by atoms with Crippen LogP contribution >= 0.6 is 22.9 Å². The molecule has 8 nitrogen and oxygen atoms in total. The molecular formula is C21H18ClN7OS. The number of rotatable bonds is 5. The number of hydrogen-bond donors (Lipinski definition) is 3. The van der Waals surface area contributed by atoms with Gasteiger partial charge in [0.1, 0.15) is 11.8 Å². The minimum absolute atomic E-state index is 0.0854. The summed E-state index contributed by atoms with van der Waals surface area (Å²) in [4.78, 5) is 29.5. The number of fused-ring (bicyclic) bond motifs is 2. The average molecular weight is 452 g/mol. The van der Waals surface area contributed by atoms with Crippen molar-refractivity contribution in [2.75, 3.05) is 5.73 Å². The molecule has 156 valence electrons. The smallest absolute Gasteiger partial charge is 0.252 e. The molecule has 0 spiro atoms. The minimum atomic E-state index is -0.0854. The van der Waals surface area contributed by atoms with Gasteiger partial charge in [0.15, 0.2) is 11.5 Å². The van der Waals surface area contributed by atoms with Crippen LogP contribution in [0.1, 0.15) is 26.5 Å². The number of nitrogens with zero attached hydrogens (tertiary/aromatic N) is 4. The molecule has 1 aromatic carbocycles. The summed E-state index contributed by atoms with van der Waals surface area (Å²) >= 11 is 7.93. The molecule has 0 fully saturated rings. The Labute approximate surface area is 186 Å². The third kappa shape index (κ3) is 3.62. The zero-order chi connectivity index (χ0) is 21.5. The van der Waals surface area contributed by atoms with Gasteiger partial charge in [-0.25, -0.2) is 15.0 Å². The first kappa shape index (κ1) is 19.5. The Morgan fingerprint density at radius 1 is 1.29 bits per heavy atom. The summed E-state index contributed by atoms with van der Waals surface area (Å²) in [6.07, 6.45) is 3.11. The van der Waals surface area contributed by atoms with Crippen molar-refractivity contribution in [1.82, 2.24) is 29.8 Å². The molecule has 0 aliphatic carbocycles. The number of anilines is 1. The van der Waals surface area contributed by atoms with Crippen molar-refractivity contribution in [2.24, 2.45) is 0 Å². The molecule has 1 amide bonds. The summed E-state index contributed by atoms with van der Waals surface area (Å²) in [5.41, 5.74) is 10.6. The fourth-order valence-electron chi connectivity index (χ4n) is 3.65. The van der Waals surface area contributed by atoms with Crippen molar-refractivity contribution in [3.8, 4) is 0 Å². The van der Waals surface area contributed by atoms with E-state index in [-0.39, 0.29) is 5.91 Å². The van der Waals surface area contributed by atoms with Crippen molar-refractivity contribution >= 4 is 56.7 Å². The number of imidazole rings is 1. The average Bonchev–Trinajstić information content (AvgIpc) is 3.45. The maximum atomic E-state index is 12.4. The molecule has 0 aliphatic rings. The number of carbonyl (C=O) groups is 1. The third-order valence-electron chi connectivity index (χ3n) is 5.14. The van der Waals surface area contributed by atoms with Gasteiger partial charge in [0.2, 0.25) is 0 Å². The van der Waals surface area contributed by atoms with Gasteiger partial charge in [0.05, 0.1) is 30.5 Å². The fraction of sp³-hybridized carbons (Fsp3) is 0.143. The van der Waals surface area contributed by atoms with E-state index in [1.54, 1.807) is 17.7 Å². The van der Waals surface area contributed by atoms with E-state index in [1.807, 2.05) is 41.1 Å². The quantitative estimate of drug-likeness (QED) is 0.375. The topological polar surface area (TPSA) is 115 Å². The number of nitrogen functional groups attached to an aromatic ring is 1. The number of benzene rings is 1. The van der Waals surface area contributed by atoms with Gasteiger partial charge in [-0.3, -0.25) is 4.79 Å². The SMILES string of the molecule is Cc1sccc1C(=O)NCc1cc2cc(Cl)cc(Cn3cnc4c(N)ncnc43)c2[nH]1. The second-order valence-corrected chi connectivity index (χ2v) is 8.76. The number of amides is 1. The number of hydrogen-bond acceptors (Lipinski definition) is 6. The van der Waals surface area contributed by atoms with Crippen LogP contribution < -0.4 is 11.1 Å². The maximum absolute atomic E-state index is 12.4. The molecule has 31 heavy (non-hydrogen) atoms. The molecule has 5 rings (SSSR count). The van der Waals surface area contributed by atoms with Crippen molar-refractivity contribution in [2.45, 2.75) is 20.0 Å².